The summed E-state index contributed by atoms with van der Waals surface area (Å²) >= 11 is 0. The average molecular weight is 288 g/mol. The fourth-order valence-electron chi connectivity index (χ4n) is 3.15. The van der Waals surface area contributed by atoms with E-state index in [0.717, 1.165) is 36.7 Å². The molecule has 1 aliphatic carbocycles. The van der Waals surface area contributed by atoms with E-state index in [1.54, 1.807) is 0 Å². The molecule has 0 heterocycles. The molecule has 21 heavy (non-hydrogen) atoms. The molecule has 0 aromatic heterocycles. The molecule has 1 fully saturated rings. The molecule has 0 spiro atoms. The van der Waals surface area contributed by atoms with Crippen LogP contribution in [0.25, 0.3) is 0 Å². The van der Waals surface area contributed by atoms with E-state index in [2.05, 4.69) is 10.6 Å². The molecule has 0 radical (unpaired) electrons. The van der Waals surface area contributed by atoms with Crippen molar-refractivity contribution in [1.29, 1.82) is 0 Å². The zero-order valence-corrected chi connectivity index (χ0v) is 13.4. The van der Waals surface area contributed by atoms with Crippen LogP contribution in [-0.2, 0) is 0 Å². The summed E-state index contributed by atoms with van der Waals surface area (Å²) in [6, 6.07) is 5.96. The molecule has 2 N–H and O–H groups in total. The number of carbonyl (C=O) groups is 1. The predicted molar refractivity (Wildman–Crippen MR) is 88.9 cm³/mol. The van der Waals surface area contributed by atoms with Crippen LogP contribution in [-0.4, -0.2) is 19.0 Å². The number of anilines is 1. The lowest BCUT2D eigenvalue weighted by molar-refractivity contribution is 0.0951. The van der Waals surface area contributed by atoms with Gasteiger partial charge in [0, 0.05) is 18.8 Å². The minimum absolute atomic E-state index is 0.0433. The van der Waals surface area contributed by atoms with E-state index < -0.39 is 0 Å². The number of hydrogen-bond acceptors (Lipinski definition) is 2. The van der Waals surface area contributed by atoms with Gasteiger partial charge < -0.3 is 10.6 Å². The summed E-state index contributed by atoms with van der Waals surface area (Å²) < 4.78 is 0. The third-order valence-corrected chi connectivity index (χ3v) is 4.35. The summed E-state index contributed by atoms with van der Waals surface area (Å²) in [6.07, 6.45) is 7.90. The maximum Gasteiger partial charge on any atom is 0.253 e. The number of rotatable bonds is 6. The van der Waals surface area contributed by atoms with Gasteiger partial charge in [-0.2, -0.15) is 0 Å². The molecular formula is C18H28N2O. The smallest absolute Gasteiger partial charge is 0.253 e. The van der Waals surface area contributed by atoms with Gasteiger partial charge >= 0.3 is 0 Å². The zero-order valence-electron chi connectivity index (χ0n) is 13.4. The first kappa shape index (κ1) is 15.9. The lowest BCUT2D eigenvalue weighted by atomic mass is 9.87. The summed E-state index contributed by atoms with van der Waals surface area (Å²) in [7, 11) is 0. The van der Waals surface area contributed by atoms with E-state index in [9.17, 15) is 4.79 Å². The molecule has 0 atom stereocenters. The van der Waals surface area contributed by atoms with Crippen LogP contribution in [0.15, 0.2) is 18.2 Å². The third kappa shape index (κ3) is 4.76. The zero-order chi connectivity index (χ0) is 15.1. The van der Waals surface area contributed by atoms with Crippen LogP contribution in [0.1, 0.15) is 61.4 Å². The van der Waals surface area contributed by atoms with E-state index in [4.69, 9.17) is 0 Å². The monoisotopic (exact) mass is 288 g/mol. The molecule has 1 aromatic rings. The molecule has 0 aliphatic heterocycles. The normalized spacial score (nSPS) is 15.7. The lowest BCUT2D eigenvalue weighted by Gasteiger charge is -2.21. The van der Waals surface area contributed by atoms with Crippen molar-refractivity contribution in [3.63, 3.8) is 0 Å². The van der Waals surface area contributed by atoms with Crippen LogP contribution >= 0.6 is 0 Å². The van der Waals surface area contributed by atoms with E-state index in [-0.39, 0.29) is 5.91 Å². The third-order valence-electron chi connectivity index (χ3n) is 4.35. The maximum absolute atomic E-state index is 12.3. The van der Waals surface area contributed by atoms with Crippen LogP contribution in [0.3, 0.4) is 0 Å². The fourth-order valence-corrected chi connectivity index (χ4v) is 3.15. The highest BCUT2D eigenvalue weighted by Gasteiger charge is 2.15. The van der Waals surface area contributed by atoms with Crippen molar-refractivity contribution in [2.45, 2.75) is 52.4 Å². The number of hydrogen-bond donors (Lipinski definition) is 2. The molecule has 1 aromatic carbocycles. The van der Waals surface area contributed by atoms with Crippen molar-refractivity contribution in [1.82, 2.24) is 5.32 Å². The lowest BCUT2D eigenvalue weighted by Crippen LogP contribution is -2.27. The molecule has 0 saturated heterocycles. The molecule has 1 saturated carbocycles. The van der Waals surface area contributed by atoms with Crippen molar-refractivity contribution in [2.75, 3.05) is 18.4 Å². The van der Waals surface area contributed by atoms with Crippen LogP contribution < -0.4 is 10.6 Å². The fraction of sp³-hybridized carbons (Fsp3) is 0.611. The van der Waals surface area contributed by atoms with E-state index in [1.165, 1.54) is 37.7 Å². The molecule has 3 nitrogen and oxygen atoms in total. The summed E-state index contributed by atoms with van der Waals surface area (Å²) in [5.74, 6) is 0.854. The van der Waals surface area contributed by atoms with Gasteiger partial charge in [-0.15, -0.1) is 0 Å². The molecule has 0 unspecified atom stereocenters. The molecule has 0 bridgehead atoms. The van der Waals surface area contributed by atoms with E-state index in [0.29, 0.717) is 0 Å². The summed E-state index contributed by atoms with van der Waals surface area (Å²) in [6.45, 7) is 5.72. The highest BCUT2D eigenvalue weighted by molar-refractivity contribution is 5.99. The Bertz CT molecular complexity index is 464. The van der Waals surface area contributed by atoms with Gasteiger partial charge in [-0.25, -0.2) is 0 Å². The Balaban J connectivity index is 1.87. The first-order valence-electron chi connectivity index (χ1n) is 8.33. The van der Waals surface area contributed by atoms with E-state index >= 15 is 0 Å². The van der Waals surface area contributed by atoms with Gasteiger partial charge in [-0.3, -0.25) is 4.79 Å². The van der Waals surface area contributed by atoms with Crippen LogP contribution in [0.2, 0.25) is 0 Å². The Hall–Kier alpha value is -1.51. The highest BCUT2D eigenvalue weighted by Crippen LogP contribution is 2.25. The molecular weight excluding hydrogens is 260 g/mol. The Morgan fingerprint density at radius 1 is 1.24 bits per heavy atom. The molecule has 116 valence electrons. The largest absolute Gasteiger partial charge is 0.385 e. The predicted octanol–water partition coefficient (Wildman–Crippen LogP) is 4.13. The van der Waals surface area contributed by atoms with Crippen LogP contribution in [0.5, 0.6) is 0 Å². The quantitative estimate of drug-likeness (QED) is 0.826. The number of amides is 1. The van der Waals surface area contributed by atoms with Crippen molar-refractivity contribution in [2.24, 2.45) is 5.92 Å². The Morgan fingerprint density at radius 2 is 2.00 bits per heavy atom. The Kier molecular flexibility index (Phi) is 6.09. The SMILES string of the molecule is CCNc1cc(C)ccc1C(=O)NCCC1CCCCC1. The summed E-state index contributed by atoms with van der Waals surface area (Å²) in [5.41, 5.74) is 2.86. The topological polar surface area (TPSA) is 41.1 Å². The second-order valence-electron chi connectivity index (χ2n) is 6.13. The van der Waals surface area contributed by atoms with Gasteiger partial charge in [0.05, 0.1) is 5.56 Å². The second kappa shape index (κ2) is 8.06. The minimum atomic E-state index is 0.0433. The van der Waals surface area contributed by atoms with Gasteiger partial charge in [-0.1, -0.05) is 38.2 Å². The van der Waals surface area contributed by atoms with Gasteiger partial charge in [0.25, 0.3) is 5.91 Å². The van der Waals surface area contributed by atoms with Crippen LogP contribution in [0, 0.1) is 12.8 Å². The first-order chi connectivity index (χ1) is 10.2. The highest BCUT2D eigenvalue weighted by atomic mass is 16.1. The first-order valence-corrected chi connectivity index (χ1v) is 8.33. The Morgan fingerprint density at radius 3 is 2.71 bits per heavy atom. The van der Waals surface area contributed by atoms with Crippen molar-refractivity contribution in [3.8, 4) is 0 Å². The molecule has 1 amide bonds. The minimum Gasteiger partial charge on any atom is -0.385 e. The summed E-state index contributed by atoms with van der Waals surface area (Å²) in [4.78, 5) is 12.3. The standard InChI is InChI=1S/C18H28N2O/c1-3-19-17-13-14(2)9-10-16(17)18(21)20-12-11-15-7-5-4-6-8-15/h9-10,13,15,19H,3-8,11-12H2,1-2H3,(H,20,21). The Labute approximate surface area is 128 Å². The van der Waals surface area contributed by atoms with Gasteiger partial charge in [0.2, 0.25) is 0 Å². The van der Waals surface area contributed by atoms with Crippen molar-refractivity contribution < 1.29 is 4.79 Å². The van der Waals surface area contributed by atoms with Gasteiger partial charge in [0.15, 0.2) is 0 Å². The molecule has 2 rings (SSSR count). The molecule has 3 heteroatoms. The summed E-state index contributed by atoms with van der Waals surface area (Å²) in [5, 5.41) is 6.36. The average Bonchev–Trinajstić information content (AvgIpc) is 2.49. The second-order valence-corrected chi connectivity index (χ2v) is 6.13. The van der Waals surface area contributed by atoms with Gasteiger partial charge in [-0.05, 0) is 43.9 Å². The number of nitrogens with one attached hydrogen (secondary N) is 2. The number of carbonyl (C=O) groups excluding carboxylic acids is 1. The van der Waals surface area contributed by atoms with E-state index in [1.807, 2.05) is 32.0 Å². The van der Waals surface area contributed by atoms with Crippen molar-refractivity contribution in [3.05, 3.63) is 29.3 Å². The number of aryl methyl sites for hydroxylation is 1. The maximum atomic E-state index is 12.3. The molecule has 1 aliphatic rings. The number of benzene rings is 1. The van der Waals surface area contributed by atoms with Crippen LogP contribution in [0.4, 0.5) is 5.69 Å². The van der Waals surface area contributed by atoms with Crippen molar-refractivity contribution >= 4 is 11.6 Å². The van der Waals surface area contributed by atoms with Gasteiger partial charge in [0.1, 0.15) is 0 Å².